The molecule has 0 aromatic heterocycles. The quantitative estimate of drug-likeness (QED) is 0.415. The molecule has 0 spiro atoms. The zero-order chi connectivity index (χ0) is 21.7. The van der Waals surface area contributed by atoms with E-state index in [1.165, 1.54) is 4.31 Å². The second-order valence-electron chi connectivity index (χ2n) is 7.61. The lowest BCUT2D eigenvalue weighted by Gasteiger charge is -2.25. The molecule has 0 radical (unpaired) electrons. The lowest BCUT2D eigenvalue weighted by molar-refractivity contribution is 0.259. The Morgan fingerprint density at radius 3 is 2.03 bits per heavy atom. The maximum absolute atomic E-state index is 13.7. The second kappa shape index (κ2) is 9.54. The molecule has 3 aromatic rings. The molecule has 1 fully saturated rings. The van der Waals surface area contributed by atoms with Gasteiger partial charge in [-0.05, 0) is 36.2 Å². The van der Waals surface area contributed by atoms with Gasteiger partial charge in [-0.25, -0.2) is 12.7 Å². The Morgan fingerprint density at radius 1 is 0.903 bits per heavy atom. The molecule has 31 heavy (non-hydrogen) atoms. The molecule has 1 heterocycles. The first kappa shape index (κ1) is 21.4. The van der Waals surface area contributed by atoms with Gasteiger partial charge in [-0.15, -0.1) is 0 Å². The molecule has 162 valence electrons. The lowest BCUT2D eigenvalue weighted by atomic mass is 10.1. The summed E-state index contributed by atoms with van der Waals surface area (Å²) < 4.78 is 40.2. The molecule has 0 bridgehead atoms. The molecule has 0 saturated carbocycles. The number of aryl methyl sites for hydroxylation is 1. The highest BCUT2D eigenvalue weighted by molar-refractivity contribution is 7.92. The highest BCUT2D eigenvalue weighted by atomic mass is 32.2. The van der Waals surface area contributed by atoms with Crippen LogP contribution in [0.5, 0.6) is 5.75 Å². The third kappa shape index (κ3) is 5.27. The van der Waals surface area contributed by atoms with Crippen LogP contribution in [0.15, 0.2) is 78.9 Å². The SMILES string of the molecule is CCCc1cccc(CS(=O)(=O)N(c2ccccc2)c2ccccc2)c1OCC1CO1. The third-order valence-corrected chi connectivity index (χ3v) is 6.76. The van der Waals surface area contributed by atoms with Crippen LogP contribution >= 0.6 is 0 Å². The Hall–Kier alpha value is -2.83. The van der Waals surface area contributed by atoms with Gasteiger partial charge in [0.15, 0.2) is 0 Å². The fourth-order valence-corrected chi connectivity index (χ4v) is 5.24. The van der Waals surface area contributed by atoms with Gasteiger partial charge in [0.25, 0.3) is 0 Å². The first-order chi connectivity index (χ1) is 15.1. The summed E-state index contributed by atoms with van der Waals surface area (Å²) in [4.78, 5) is 0. The number of epoxide rings is 1. The molecule has 0 amide bonds. The topological polar surface area (TPSA) is 59.1 Å². The van der Waals surface area contributed by atoms with Gasteiger partial charge in [-0.3, -0.25) is 0 Å². The second-order valence-corrected chi connectivity index (χ2v) is 9.43. The molecule has 1 aliphatic heterocycles. The van der Waals surface area contributed by atoms with E-state index in [1.807, 2.05) is 54.6 Å². The minimum absolute atomic E-state index is 0.101. The highest BCUT2D eigenvalue weighted by Gasteiger charge is 2.28. The number of sulfonamides is 1. The molecular formula is C25H27NO4S. The summed E-state index contributed by atoms with van der Waals surface area (Å²) in [5, 5.41) is 0. The third-order valence-electron chi connectivity index (χ3n) is 5.11. The number of rotatable bonds is 10. The first-order valence-electron chi connectivity index (χ1n) is 10.6. The van der Waals surface area contributed by atoms with Crippen LogP contribution in [0.25, 0.3) is 0 Å². The van der Waals surface area contributed by atoms with Gasteiger partial charge in [0.2, 0.25) is 10.0 Å². The van der Waals surface area contributed by atoms with E-state index >= 15 is 0 Å². The maximum atomic E-state index is 13.7. The summed E-state index contributed by atoms with van der Waals surface area (Å²) in [6, 6.07) is 24.1. The fourth-order valence-electron chi connectivity index (χ4n) is 3.60. The summed E-state index contributed by atoms with van der Waals surface area (Å²) in [6.45, 7) is 3.23. The van der Waals surface area contributed by atoms with Crippen molar-refractivity contribution in [2.24, 2.45) is 0 Å². The van der Waals surface area contributed by atoms with E-state index in [4.69, 9.17) is 9.47 Å². The Bertz CT molecular complexity index is 1060. The Balaban J connectivity index is 1.71. The minimum atomic E-state index is -3.74. The summed E-state index contributed by atoms with van der Waals surface area (Å²) >= 11 is 0. The first-order valence-corrected chi connectivity index (χ1v) is 12.2. The largest absolute Gasteiger partial charge is 0.490 e. The average Bonchev–Trinajstić information content (AvgIpc) is 3.59. The molecule has 0 aliphatic carbocycles. The molecule has 1 unspecified atom stereocenters. The number of benzene rings is 3. The highest BCUT2D eigenvalue weighted by Crippen LogP contribution is 2.33. The molecule has 1 atom stereocenters. The van der Waals surface area contributed by atoms with Crippen LogP contribution in [0.4, 0.5) is 11.4 Å². The van der Waals surface area contributed by atoms with Gasteiger partial charge >= 0.3 is 0 Å². The number of anilines is 2. The van der Waals surface area contributed by atoms with Crippen LogP contribution in [0.3, 0.4) is 0 Å². The average molecular weight is 438 g/mol. The van der Waals surface area contributed by atoms with Crippen LogP contribution in [0, 0.1) is 0 Å². The number of para-hydroxylation sites is 3. The van der Waals surface area contributed by atoms with E-state index in [0.717, 1.165) is 18.4 Å². The van der Waals surface area contributed by atoms with E-state index in [1.54, 1.807) is 24.3 Å². The molecule has 4 rings (SSSR count). The normalized spacial score (nSPS) is 15.5. The van der Waals surface area contributed by atoms with E-state index in [-0.39, 0.29) is 11.9 Å². The van der Waals surface area contributed by atoms with E-state index in [9.17, 15) is 8.42 Å². The van der Waals surface area contributed by atoms with Crippen LogP contribution in [0.1, 0.15) is 24.5 Å². The zero-order valence-corrected chi connectivity index (χ0v) is 18.4. The molecule has 1 saturated heterocycles. The maximum Gasteiger partial charge on any atom is 0.243 e. The van der Waals surface area contributed by atoms with Gasteiger partial charge in [-0.2, -0.15) is 0 Å². The molecular weight excluding hydrogens is 410 g/mol. The van der Waals surface area contributed by atoms with Crippen molar-refractivity contribution in [3.8, 4) is 5.75 Å². The smallest absolute Gasteiger partial charge is 0.243 e. The van der Waals surface area contributed by atoms with E-state index < -0.39 is 10.0 Å². The molecule has 3 aromatic carbocycles. The van der Waals surface area contributed by atoms with E-state index in [2.05, 4.69) is 6.92 Å². The van der Waals surface area contributed by atoms with Crippen molar-refractivity contribution in [2.45, 2.75) is 31.6 Å². The predicted octanol–water partition coefficient (Wildman–Crippen LogP) is 5.08. The molecule has 6 heteroatoms. The monoisotopic (exact) mass is 437 g/mol. The van der Waals surface area contributed by atoms with Crippen LogP contribution in [-0.2, 0) is 26.9 Å². The van der Waals surface area contributed by atoms with Crippen LogP contribution in [-0.4, -0.2) is 27.7 Å². The molecule has 1 aliphatic rings. The number of hydrogen-bond acceptors (Lipinski definition) is 4. The fraction of sp³-hybridized carbons (Fsp3) is 0.280. The van der Waals surface area contributed by atoms with Gasteiger partial charge < -0.3 is 9.47 Å². The van der Waals surface area contributed by atoms with Gasteiger partial charge in [0, 0.05) is 5.56 Å². The Morgan fingerprint density at radius 2 is 1.48 bits per heavy atom. The minimum Gasteiger partial charge on any atom is -0.490 e. The Labute approximate surface area is 184 Å². The summed E-state index contributed by atoms with van der Waals surface area (Å²) in [6.07, 6.45) is 1.88. The van der Waals surface area contributed by atoms with Crippen molar-refractivity contribution >= 4 is 21.4 Å². The molecule has 0 N–H and O–H groups in total. The van der Waals surface area contributed by atoms with Crippen molar-refractivity contribution in [1.29, 1.82) is 0 Å². The number of ether oxygens (including phenoxy) is 2. The van der Waals surface area contributed by atoms with Gasteiger partial charge in [0.1, 0.15) is 18.5 Å². The summed E-state index contributed by atoms with van der Waals surface area (Å²) in [5.41, 5.74) is 2.91. The predicted molar refractivity (Wildman–Crippen MR) is 123 cm³/mol. The summed E-state index contributed by atoms with van der Waals surface area (Å²) in [5.74, 6) is 0.513. The summed E-state index contributed by atoms with van der Waals surface area (Å²) in [7, 11) is -3.74. The zero-order valence-electron chi connectivity index (χ0n) is 17.6. The Kier molecular flexibility index (Phi) is 6.59. The van der Waals surface area contributed by atoms with Crippen molar-refractivity contribution in [1.82, 2.24) is 0 Å². The van der Waals surface area contributed by atoms with Crippen molar-refractivity contribution in [3.63, 3.8) is 0 Å². The van der Waals surface area contributed by atoms with Crippen molar-refractivity contribution in [3.05, 3.63) is 90.0 Å². The standard InChI is InChI=1S/C25H27NO4S/c1-2-10-20-11-9-12-21(25(20)30-18-24-17-29-24)19-31(27,28)26(22-13-5-3-6-14-22)23-15-7-4-8-16-23/h3-9,11-16,24H,2,10,17-19H2,1H3. The van der Waals surface area contributed by atoms with Crippen molar-refractivity contribution < 1.29 is 17.9 Å². The number of nitrogens with zero attached hydrogens (tertiary/aromatic N) is 1. The van der Waals surface area contributed by atoms with Crippen molar-refractivity contribution in [2.75, 3.05) is 17.5 Å². The van der Waals surface area contributed by atoms with Gasteiger partial charge in [0.05, 0.1) is 23.7 Å². The lowest BCUT2D eigenvalue weighted by Crippen LogP contribution is -2.28. The molecule has 5 nitrogen and oxygen atoms in total. The number of hydrogen-bond donors (Lipinski definition) is 0. The van der Waals surface area contributed by atoms with E-state index in [0.29, 0.717) is 35.9 Å². The van der Waals surface area contributed by atoms with Crippen LogP contribution in [0.2, 0.25) is 0 Å². The van der Waals surface area contributed by atoms with Crippen LogP contribution < -0.4 is 9.04 Å². The van der Waals surface area contributed by atoms with Gasteiger partial charge in [-0.1, -0.05) is 67.9 Å².